The van der Waals surface area contributed by atoms with Crippen molar-refractivity contribution < 1.29 is 19.4 Å². The molecular weight excluding hydrogens is 422 g/mol. The quantitative estimate of drug-likeness (QED) is 0.458. The minimum Gasteiger partial charge on any atom is -0.490 e. The Morgan fingerprint density at radius 2 is 1.84 bits per heavy atom. The molecule has 0 spiro atoms. The van der Waals surface area contributed by atoms with Crippen LogP contribution in [0.2, 0.25) is 0 Å². The number of thiophene rings is 1. The van der Waals surface area contributed by atoms with Gasteiger partial charge in [-0.25, -0.2) is 0 Å². The SMILES string of the molecule is CCOc1cc(C(c2cccs2)N2CCC(C(=O)O)CC2)ccc1OCc1ccccc1. The molecule has 1 unspecified atom stereocenters. The van der Waals surface area contributed by atoms with Gasteiger partial charge in [-0.2, -0.15) is 0 Å². The molecule has 1 saturated heterocycles. The lowest BCUT2D eigenvalue weighted by Crippen LogP contribution is -2.39. The van der Waals surface area contributed by atoms with Crippen LogP contribution in [0.3, 0.4) is 0 Å². The standard InChI is InChI=1S/C26H29NO4S/c1-2-30-23-17-21(10-11-22(23)31-18-19-7-4-3-5-8-19)25(24-9-6-16-32-24)27-14-12-20(13-15-27)26(28)29/h3-11,16-17,20,25H,2,12-15,18H2,1H3,(H,28,29). The third-order valence-corrected chi connectivity index (χ3v) is 6.80. The molecule has 1 atom stereocenters. The van der Waals surface area contributed by atoms with Crippen LogP contribution in [0.25, 0.3) is 0 Å². The van der Waals surface area contributed by atoms with Crippen molar-refractivity contribution in [2.45, 2.75) is 32.4 Å². The maximum atomic E-state index is 11.4. The number of carbonyl (C=O) groups is 1. The Bertz CT molecular complexity index is 998. The molecule has 1 aliphatic rings. The summed E-state index contributed by atoms with van der Waals surface area (Å²) in [4.78, 5) is 15.0. The smallest absolute Gasteiger partial charge is 0.306 e. The van der Waals surface area contributed by atoms with Gasteiger partial charge in [0.15, 0.2) is 11.5 Å². The van der Waals surface area contributed by atoms with Crippen LogP contribution in [0, 0.1) is 5.92 Å². The first-order valence-electron chi connectivity index (χ1n) is 11.1. The first kappa shape index (κ1) is 22.4. The Labute approximate surface area is 193 Å². The van der Waals surface area contributed by atoms with Crippen LogP contribution >= 0.6 is 11.3 Å². The van der Waals surface area contributed by atoms with Gasteiger partial charge in [0, 0.05) is 4.88 Å². The lowest BCUT2D eigenvalue weighted by Gasteiger charge is -2.36. The molecule has 168 valence electrons. The van der Waals surface area contributed by atoms with Gasteiger partial charge in [0.25, 0.3) is 0 Å². The number of aliphatic carboxylic acids is 1. The van der Waals surface area contributed by atoms with E-state index in [0.717, 1.165) is 35.7 Å². The zero-order valence-electron chi connectivity index (χ0n) is 18.3. The van der Waals surface area contributed by atoms with Crippen molar-refractivity contribution in [3.63, 3.8) is 0 Å². The van der Waals surface area contributed by atoms with Crippen molar-refractivity contribution in [3.8, 4) is 11.5 Å². The predicted octanol–water partition coefficient (Wildman–Crippen LogP) is 5.61. The molecule has 2 heterocycles. The molecule has 1 aliphatic heterocycles. The summed E-state index contributed by atoms with van der Waals surface area (Å²) in [6.45, 7) is 4.53. The molecule has 6 heteroatoms. The highest BCUT2D eigenvalue weighted by Gasteiger charge is 2.31. The zero-order chi connectivity index (χ0) is 22.3. The van der Waals surface area contributed by atoms with Gasteiger partial charge in [-0.15, -0.1) is 11.3 Å². The topological polar surface area (TPSA) is 59.0 Å². The minimum atomic E-state index is -0.684. The van der Waals surface area contributed by atoms with Crippen molar-refractivity contribution in [2.24, 2.45) is 5.92 Å². The van der Waals surface area contributed by atoms with Crippen LogP contribution in [0.4, 0.5) is 0 Å². The highest BCUT2D eigenvalue weighted by molar-refractivity contribution is 7.10. The van der Waals surface area contributed by atoms with Gasteiger partial charge >= 0.3 is 5.97 Å². The molecule has 0 bridgehead atoms. The van der Waals surface area contributed by atoms with E-state index < -0.39 is 5.97 Å². The lowest BCUT2D eigenvalue weighted by atomic mass is 9.93. The van der Waals surface area contributed by atoms with E-state index in [1.54, 1.807) is 11.3 Å². The van der Waals surface area contributed by atoms with E-state index in [4.69, 9.17) is 9.47 Å². The van der Waals surface area contributed by atoms with Crippen molar-refractivity contribution in [2.75, 3.05) is 19.7 Å². The Morgan fingerprint density at radius 1 is 1.06 bits per heavy atom. The van der Waals surface area contributed by atoms with E-state index in [9.17, 15) is 9.90 Å². The molecule has 3 aromatic rings. The second kappa shape index (κ2) is 10.7. The summed E-state index contributed by atoms with van der Waals surface area (Å²) in [5.74, 6) is 0.538. The normalized spacial score (nSPS) is 15.9. The second-order valence-corrected chi connectivity index (χ2v) is 8.96. The molecular formula is C26H29NO4S. The largest absolute Gasteiger partial charge is 0.490 e. The van der Waals surface area contributed by atoms with Gasteiger partial charge < -0.3 is 14.6 Å². The molecule has 5 nitrogen and oxygen atoms in total. The molecule has 0 amide bonds. The fraction of sp³-hybridized carbons (Fsp3) is 0.346. The van der Waals surface area contributed by atoms with E-state index >= 15 is 0 Å². The Morgan fingerprint density at radius 3 is 2.50 bits per heavy atom. The van der Waals surface area contributed by atoms with Crippen LogP contribution in [-0.2, 0) is 11.4 Å². The van der Waals surface area contributed by atoms with Crippen LogP contribution in [-0.4, -0.2) is 35.7 Å². The summed E-state index contributed by atoms with van der Waals surface area (Å²) in [6.07, 6.45) is 1.35. The van der Waals surface area contributed by atoms with Gasteiger partial charge in [0.1, 0.15) is 6.61 Å². The minimum absolute atomic E-state index is 0.0760. The third kappa shape index (κ3) is 5.31. The second-order valence-electron chi connectivity index (χ2n) is 7.98. The molecule has 1 aromatic heterocycles. The van der Waals surface area contributed by atoms with Gasteiger partial charge in [-0.3, -0.25) is 9.69 Å². The summed E-state index contributed by atoms with van der Waals surface area (Å²) in [5.41, 5.74) is 2.24. The van der Waals surface area contributed by atoms with E-state index in [-0.39, 0.29) is 12.0 Å². The van der Waals surface area contributed by atoms with Crippen LogP contribution in [0.15, 0.2) is 66.0 Å². The number of carboxylic acids is 1. The van der Waals surface area contributed by atoms with E-state index in [1.807, 2.05) is 43.3 Å². The molecule has 4 rings (SSSR count). The monoisotopic (exact) mass is 451 g/mol. The van der Waals surface area contributed by atoms with Crippen molar-refractivity contribution in [3.05, 3.63) is 82.0 Å². The number of hydrogen-bond donors (Lipinski definition) is 1. The molecule has 32 heavy (non-hydrogen) atoms. The van der Waals surface area contributed by atoms with Crippen molar-refractivity contribution in [1.82, 2.24) is 4.90 Å². The molecule has 1 fully saturated rings. The lowest BCUT2D eigenvalue weighted by molar-refractivity contribution is -0.143. The van der Waals surface area contributed by atoms with Gasteiger partial charge in [-0.1, -0.05) is 42.5 Å². The van der Waals surface area contributed by atoms with Crippen LogP contribution in [0.1, 0.15) is 41.8 Å². The first-order valence-corrected chi connectivity index (χ1v) is 12.0. The zero-order valence-corrected chi connectivity index (χ0v) is 19.1. The van der Waals surface area contributed by atoms with Crippen LogP contribution in [0.5, 0.6) is 11.5 Å². The Hall–Kier alpha value is -2.83. The fourth-order valence-corrected chi connectivity index (χ4v) is 5.11. The Kier molecular flexibility index (Phi) is 7.45. The molecule has 2 aromatic carbocycles. The third-order valence-electron chi connectivity index (χ3n) is 5.88. The molecule has 0 radical (unpaired) electrons. The summed E-state index contributed by atoms with van der Waals surface area (Å²) >= 11 is 1.73. The van der Waals surface area contributed by atoms with Gasteiger partial charge in [-0.05, 0) is 67.6 Å². The Balaban J connectivity index is 1.58. The summed E-state index contributed by atoms with van der Waals surface area (Å²) in [6, 6.07) is 20.6. The number of likely N-dealkylation sites (tertiary alicyclic amines) is 1. The fourth-order valence-electron chi connectivity index (χ4n) is 4.22. The highest BCUT2D eigenvalue weighted by atomic mass is 32.1. The summed E-state index contributed by atoms with van der Waals surface area (Å²) in [7, 11) is 0. The van der Waals surface area contributed by atoms with Crippen molar-refractivity contribution >= 4 is 17.3 Å². The van der Waals surface area contributed by atoms with Crippen LogP contribution < -0.4 is 9.47 Å². The highest BCUT2D eigenvalue weighted by Crippen LogP contribution is 2.39. The number of benzene rings is 2. The van der Waals surface area contributed by atoms with Gasteiger partial charge in [0.2, 0.25) is 0 Å². The van der Waals surface area contributed by atoms with E-state index in [0.29, 0.717) is 26.1 Å². The number of ether oxygens (including phenoxy) is 2. The number of hydrogen-bond acceptors (Lipinski definition) is 5. The van der Waals surface area contributed by atoms with Gasteiger partial charge in [0.05, 0.1) is 18.6 Å². The number of rotatable bonds is 9. The molecule has 1 N–H and O–H groups in total. The molecule has 0 saturated carbocycles. The summed E-state index contributed by atoms with van der Waals surface area (Å²) < 4.78 is 12.0. The predicted molar refractivity (Wildman–Crippen MR) is 126 cm³/mol. The van der Waals surface area contributed by atoms with Crippen molar-refractivity contribution in [1.29, 1.82) is 0 Å². The maximum Gasteiger partial charge on any atom is 0.306 e. The van der Waals surface area contributed by atoms with E-state index in [2.05, 4.69) is 34.5 Å². The molecule has 0 aliphatic carbocycles. The first-order chi connectivity index (χ1) is 15.7. The average molecular weight is 452 g/mol. The summed E-state index contributed by atoms with van der Waals surface area (Å²) in [5, 5.41) is 11.5. The number of nitrogens with zero attached hydrogens (tertiary/aromatic N) is 1. The van der Waals surface area contributed by atoms with E-state index in [1.165, 1.54) is 4.88 Å². The maximum absolute atomic E-state index is 11.4. The number of piperidine rings is 1. The number of carboxylic acid groups (broad SMARTS) is 1. The average Bonchev–Trinajstić information content (AvgIpc) is 3.34.